The van der Waals surface area contributed by atoms with Crippen molar-refractivity contribution in [3.63, 3.8) is 0 Å². The fourth-order valence-corrected chi connectivity index (χ4v) is 1.47. The lowest BCUT2D eigenvalue weighted by Crippen LogP contribution is -1.92. The summed E-state index contributed by atoms with van der Waals surface area (Å²) in [5.74, 6) is 0.560. The zero-order valence-corrected chi connectivity index (χ0v) is 11.3. The number of hydrogen-bond acceptors (Lipinski definition) is 0. The van der Waals surface area contributed by atoms with E-state index in [9.17, 15) is 0 Å². The molecule has 0 amide bonds. The highest BCUT2D eigenvalue weighted by Crippen LogP contribution is 2.20. The third-order valence-corrected chi connectivity index (χ3v) is 2.40. The van der Waals surface area contributed by atoms with Gasteiger partial charge in [0, 0.05) is 0 Å². The second-order valence-electron chi connectivity index (χ2n) is 4.41. The van der Waals surface area contributed by atoms with E-state index in [1.807, 2.05) is 19.9 Å². The van der Waals surface area contributed by atoms with Gasteiger partial charge in [0.05, 0.1) is 0 Å². The Balaban J connectivity index is 5.15. The molecule has 0 saturated heterocycles. The highest BCUT2D eigenvalue weighted by atomic mass is 14.1. The zero-order valence-electron chi connectivity index (χ0n) is 11.3. The molecule has 0 aromatic rings. The molecule has 1 heteroatoms. The van der Waals surface area contributed by atoms with Crippen molar-refractivity contribution in [2.75, 3.05) is 0 Å². The third kappa shape index (κ3) is 5.20. The third-order valence-electron chi connectivity index (χ3n) is 2.40. The largest absolute Gasteiger partial charge is 0.114 e. The molecule has 0 unspecified atom stereocenters. The number of hydrogen-bond donors (Lipinski definition) is 0. The molecule has 0 aliphatic heterocycles. The van der Waals surface area contributed by atoms with Gasteiger partial charge in [0.25, 0.3) is 0 Å². The molecule has 0 nitrogen and oxygen atoms in total. The summed E-state index contributed by atoms with van der Waals surface area (Å²) < 4.78 is 0. The molecular formula is C15H23B. The minimum atomic E-state index is 0.560. The Hall–Kier alpha value is -0.975. The molecule has 16 heavy (non-hydrogen) atoms. The van der Waals surface area contributed by atoms with Crippen LogP contribution in [0.5, 0.6) is 0 Å². The van der Waals surface area contributed by atoms with Gasteiger partial charge in [-0.1, -0.05) is 56.6 Å². The fraction of sp³-hybridized carbons (Fsp3) is 0.467. The summed E-state index contributed by atoms with van der Waals surface area (Å²) in [5.41, 5.74) is 4.23. The van der Waals surface area contributed by atoms with Gasteiger partial charge in [-0.2, -0.15) is 0 Å². The van der Waals surface area contributed by atoms with Crippen molar-refractivity contribution in [2.24, 2.45) is 5.92 Å². The van der Waals surface area contributed by atoms with Crippen LogP contribution in [-0.2, 0) is 0 Å². The summed E-state index contributed by atoms with van der Waals surface area (Å²) >= 11 is 0. The molecular weight excluding hydrogens is 191 g/mol. The predicted molar refractivity (Wildman–Crippen MR) is 75.6 cm³/mol. The van der Waals surface area contributed by atoms with Gasteiger partial charge in [-0.3, -0.25) is 0 Å². The SMILES string of the molecule is [B]/C(=C/C(=C/C)C(=C\C(C)C)/CC)C(=C)C. The van der Waals surface area contributed by atoms with Crippen LogP contribution < -0.4 is 0 Å². The first kappa shape index (κ1) is 15.0. The topological polar surface area (TPSA) is 0 Å². The summed E-state index contributed by atoms with van der Waals surface area (Å²) in [6.45, 7) is 14.4. The summed E-state index contributed by atoms with van der Waals surface area (Å²) in [5, 5.41) is 0. The first-order chi connectivity index (χ1) is 7.42. The molecule has 86 valence electrons. The first-order valence-electron chi connectivity index (χ1n) is 5.92. The summed E-state index contributed by atoms with van der Waals surface area (Å²) in [6.07, 6.45) is 7.43. The van der Waals surface area contributed by atoms with Gasteiger partial charge in [0.1, 0.15) is 7.85 Å². The van der Waals surface area contributed by atoms with E-state index < -0.39 is 0 Å². The Morgan fingerprint density at radius 1 is 1.38 bits per heavy atom. The van der Waals surface area contributed by atoms with Crippen molar-refractivity contribution in [3.05, 3.63) is 47.0 Å². The quantitative estimate of drug-likeness (QED) is 0.465. The average molecular weight is 214 g/mol. The minimum Gasteiger partial charge on any atom is -0.0967 e. The molecule has 0 atom stereocenters. The molecule has 0 aliphatic rings. The van der Waals surface area contributed by atoms with Crippen LogP contribution >= 0.6 is 0 Å². The lowest BCUT2D eigenvalue weighted by Gasteiger charge is -2.10. The lowest BCUT2D eigenvalue weighted by atomic mass is 9.86. The Morgan fingerprint density at radius 2 is 1.94 bits per heavy atom. The van der Waals surface area contributed by atoms with Crippen LogP contribution in [0.4, 0.5) is 0 Å². The van der Waals surface area contributed by atoms with E-state index in [-0.39, 0.29) is 0 Å². The molecule has 0 heterocycles. The van der Waals surface area contributed by atoms with Crippen molar-refractivity contribution in [1.29, 1.82) is 0 Å². The molecule has 0 N–H and O–H groups in total. The molecule has 0 saturated carbocycles. The smallest absolute Gasteiger partial charge is 0.0967 e. The highest BCUT2D eigenvalue weighted by molar-refractivity contribution is 6.24. The molecule has 0 bridgehead atoms. The van der Waals surface area contributed by atoms with E-state index in [0.29, 0.717) is 5.92 Å². The Kier molecular flexibility index (Phi) is 6.88. The lowest BCUT2D eigenvalue weighted by molar-refractivity contribution is 0.816. The van der Waals surface area contributed by atoms with Crippen LogP contribution in [0.2, 0.25) is 0 Å². The van der Waals surface area contributed by atoms with Crippen molar-refractivity contribution < 1.29 is 0 Å². The highest BCUT2D eigenvalue weighted by Gasteiger charge is 2.01. The van der Waals surface area contributed by atoms with E-state index in [1.54, 1.807) is 0 Å². The van der Waals surface area contributed by atoms with E-state index >= 15 is 0 Å². The predicted octanol–water partition coefficient (Wildman–Crippen LogP) is 4.55. The van der Waals surface area contributed by atoms with Crippen LogP contribution in [0.15, 0.2) is 47.0 Å². The second-order valence-corrected chi connectivity index (χ2v) is 4.41. The van der Waals surface area contributed by atoms with Crippen LogP contribution in [0.25, 0.3) is 0 Å². The summed E-state index contributed by atoms with van der Waals surface area (Å²) in [6, 6.07) is 0. The van der Waals surface area contributed by atoms with Crippen molar-refractivity contribution in [3.8, 4) is 0 Å². The fourth-order valence-electron chi connectivity index (χ4n) is 1.47. The van der Waals surface area contributed by atoms with E-state index in [2.05, 4.69) is 39.5 Å². The van der Waals surface area contributed by atoms with Gasteiger partial charge in [0.2, 0.25) is 0 Å². The van der Waals surface area contributed by atoms with E-state index in [4.69, 9.17) is 7.85 Å². The van der Waals surface area contributed by atoms with Crippen LogP contribution in [0.1, 0.15) is 41.0 Å². The van der Waals surface area contributed by atoms with Crippen molar-refractivity contribution in [1.82, 2.24) is 0 Å². The van der Waals surface area contributed by atoms with Gasteiger partial charge in [-0.15, -0.1) is 0 Å². The number of allylic oxidation sites excluding steroid dienone is 7. The maximum Gasteiger partial charge on any atom is 0.114 e. The Labute approximate surface area is 102 Å². The molecule has 0 aliphatic carbocycles. The maximum atomic E-state index is 5.91. The summed E-state index contributed by atoms with van der Waals surface area (Å²) in [4.78, 5) is 0. The van der Waals surface area contributed by atoms with E-state index in [0.717, 1.165) is 17.5 Å². The van der Waals surface area contributed by atoms with Gasteiger partial charge >= 0.3 is 0 Å². The van der Waals surface area contributed by atoms with Crippen molar-refractivity contribution >= 4 is 7.85 Å². The minimum absolute atomic E-state index is 0.560. The van der Waals surface area contributed by atoms with E-state index in [1.165, 1.54) is 11.1 Å². The van der Waals surface area contributed by atoms with Gasteiger partial charge in [-0.05, 0) is 37.3 Å². The zero-order chi connectivity index (χ0) is 12.7. The van der Waals surface area contributed by atoms with Crippen molar-refractivity contribution in [2.45, 2.75) is 41.0 Å². The first-order valence-corrected chi connectivity index (χ1v) is 5.92. The molecule has 0 aromatic heterocycles. The average Bonchev–Trinajstić information content (AvgIpc) is 2.21. The monoisotopic (exact) mass is 214 g/mol. The van der Waals surface area contributed by atoms with Crippen LogP contribution in [-0.4, -0.2) is 7.85 Å². The molecule has 0 spiro atoms. The second kappa shape index (κ2) is 7.32. The van der Waals surface area contributed by atoms with Crippen LogP contribution in [0.3, 0.4) is 0 Å². The Morgan fingerprint density at radius 3 is 2.25 bits per heavy atom. The number of rotatable bonds is 5. The molecule has 2 radical (unpaired) electrons. The normalized spacial score (nSPS) is 14.5. The standard InChI is InChI=1S/C15H23B/c1-7-13(9-11(3)4)14(8-2)10-15(16)12(5)6/h8-11H,5,7H2,1-4,6H3/b13-9-,14-8-,15-10+. The Bertz CT molecular complexity index is 327. The van der Waals surface area contributed by atoms with Gasteiger partial charge in [0.15, 0.2) is 0 Å². The summed E-state index contributed by atoms with van der Waals surface area (Å²) in [7, 11) is 5.91. The molecule has 0 rings (SSSR count). The molecule has 0 aromatic carbocycles. The van der Waals surface area contributed by atoms with Gasteiger partial charge < -0.3 is 0 Å². The molecule has 0 fully saturated rings. The van der Waals surface area contributed by atoms with Crippen LogP contribution in [0, 0.1) is 5.92 Å². The van der Waals surface area contributed by atoms with Gasteiger partial charge in [-0.25, -0.2) is 0 Å². The maximum absolute atomic E-state index is 5.91.